The minimum atomic E-state index is 0.567. The van der Waals surface area contributed by atoms with Crippen molar-refractivity contribution >= 4 is 11.6 Å². The molecule has 0 aliphatic heterocycles. The van der Waals surface area contributed by atoms with Crippen LogP contribution in [0.15, 0.2) is 24.3 Å². The van der Waals surface area contributed by atoms with Crippen LogP contribution in [0.1, 0.15) is 42.8 Å². The Labute approximate surface area is 126 Å². The Kier molecular flexibility index (Phi) is 5.14. The van der Waals surface area contributed by atoms with Crippen LogP contribution in [-0.4, -0.2) is 9.97 Å². The largest absolute Gasteiger partial charge is 0.383 e. The fourth-order valence-electron chi connectivity index (χ4n) is 2.17. The van der Waals surface area contributed by atoms with Gasteiger partial charge in [-0.15, -0.1) is 0 Å². The molecular formula is C17H24N4. The number of anilines is 2. The summed E-state index contributed by atoms with van der Waals surface area (Å²) >= 11 is 0. The molecule has 0 aliphatic rings. The van der Waals surface area contributed by atoms with Gasteiger partial charge in [0, 0.05) is 18.5 Å². The molecule has 4 heteroatoms. The third kappa shape index (κ3) is 3.94. The van der Waals surface area contributed by atoms with Crippen molar-refractivity contribution in [2.75, 3.05) is 11.1 Å². The molecule has 3 N–H and O–H groups in total. The van der Waals surface area contributed by atoms with E-state index in [4.69, 9.17) is 5.73 Å². The molecule has 0 radical (unpaired) electrons. The Morgan fingerprint density at radius 1 is 1.05 bits per heavy atom. The molecule has 0 amide bonds. The second kappa shape index (κ2) is 7.07. The first kappa shape index (κ1) is 15.3. The van der Waals surface area contributed by atoms with Gasteiger partial charge in [0.15, 0.2) is 0 Å². The fourth-order valence-corrected chi connectivity index (χ4v) is 2.17. The van der Waals surface area contributed by atoms with Gasteiger partial charge >= 0.3 is 0 Å². The van der Waals surface area contributed by atoms with Crippen molar-refractivity contribution in [3.63, 3.8) is 0 Å². The van der Waals surface area contributed by atoms with Crippen LogP contribution in [0.2, 0.25) is 0 Å². The number of rotatable bonds is 6. The highest BCUT2D eigenvalue weighted by Gasteiger charge is 2.08. The van der Waals surface area contributed by atoms with Gasteiger partial charge in [0.1, 0.15) is 17.5 Å². The van der Waals surface area contributed by atoms with E-state index in [9.17, 15) is 0 Å². The van der Waals surface area contributed by atoms with E-state index in [-0.39, 0.29) is 0 Å². The molecular weight excluding hydrogens is 260 g/mol. The van der Waals surface area contributed by atoms with Crippen molar-refractivity contribution in [2.45, 2.75) is 46.6 Å². The van der Waals surface area contributed by atoms with Gasteiger partial charge < -0.3 is 11.1 Å². The minimum absolute atomic E-state index is 0.567. The molecule has 0 atom stereocenters. The van der Waals surface area contributed by atoms with Crippen LogP contribution in [0.25, 0.3) is 0 Å². The maximum atomic E-state index is 5.97. The monoisotopic (exact) mass is 284 g/mol. The summed E-state index contributed by atoms with van der Waals surface area (Å²) in [6, 6.07) is 8.64. The van der Waals surface area contributed by atoms with Crippen molar-refractivity contribution < 1.29 is 0 Å². The average Bonchev–Trinajstić information content (AvgIpc) is 2.50. The third-order valence-corrected chi connectivity index (χ3v) is 3.59. The highest BCUT2D eigenvalue weighted by Crippen LogP contribution is 2.18. The predicted molar refractivity (Wildman–Crippen MR) is 88.3 cm³/mol. The number of nitrogens with zero attached hydrogens (tertiary/aromatic N) is 2. The second-order valence-corrected chi connectivity index (χ2v) is 5.27. The minimum Gasteiger partial charge on any atom is -0.383 e. The van der Waals surface area contributed by atoms with E-state index in [0.29, 0.717) is 5.82 Å². The molecule has 4 nitrogen and oxygen atoms in total. The lowest BCUT2D eigenvalue weighted by atomic mass is 10.1. The van der Waals surface area contributed by atoms with Gasteiger partial charge in [0.2, 0.25) is 0 Å². The number of nitrogens with one attached hydrogen (secondary N) is 1. The lowest BCUT2D eigenvalue weighted by Gasteiger charge is -2.12. The molecule has 1 aromatic heterocycles. The Morgan fingerprint density at radius 3 is 2.33 bits per heavy atom. The highest BCUT2D eigenvalue weighted by molar-refractivity contribution is 5.55. The van der Waals surface area contributed by atoms with Crippen LogP contribution in [-0.2, 0) is 19.4 Å². The summed E-state index contributed by atoms with van der Waals surface area (Å²) < 4.78 is 0. The zero-order valence-electron chi connectivity index (χ0n) is 13.1. The topological polar surface area (TPSA) is 63.8 Å². The normalized spacial score (nSPS) is 10.6. The zero-order chi connectivity index (χ0) is 15.2. The number of aryl methyl sites for hydroxylation is 2. The van der Waals surface area contributed by atoms with E-state index >= 15 is 0 Å². The lowest BCUT2D eigenvalue weighted by Crippen LogP contribution is -2.09. The van der Waals surface area contributed by atoms with Gasteiger partial charge in [0.05, 0.1) is 0 Å². The molecule has 0 saturated carbocycles. The SMILES string of the molecule is CCCc1nc(N)c(C)c(NCc2ccc(CC)cc2)n1. The first-order valence-corrected chi connectivity index (χ1v) is 7.58. The van der Waals surface area contributed by atoms with Crippen LogP contribution >= 0.6 is 0 Å². The van der Waals surface area contributed by atoms with Crippen molar-refractivity contribution in [3.05, 3.63) is 46.8 Å². The van der Waals surface area contributed by atoms with Gasteiger partial charge in [-0.3, -0.25) is 0 Å². The number of nitrogen functional groups attached to an aromatic ring is 1. The first-order chi connectivity index (χ1) is 10.1. The van der Waals surface area contributed by atoms with E-state index in [1.54, 1.807) is 0 Å². The van der Waals surface area contributed by atoms with E-state index < -0.39 is 0 Å². The number of benzene rings is 1. The average molecular weight is 284 g/mol. The molecule has 0 bridgehead atoms. The number of hydrogen-bond acceptors (Lipinski definition) is 4. The zero-order valence-corrected chi connectivity index (χ0v) is 13.1. The van der Waals surface area contributed by atoms with Crippen molar-refractivity contribution in [2.24, 2.45) is 0 Å². The van der Waals surface area contributed by atoms with Crippen LogP contribution in [0, 0.1) is 6.92 Å². The van der Waals surface area contributed by atoms with E-state index in [1.807, 2.05) is 6.92 Å². The van der Waals surface area contributed by atoms with Gasteiger partial charge in [-0.1, -0.05) is 38.1 Å². The highest BCUT2D eigenvalue weighted by atomic mass is 15.1. The molecule has 1 aromatic carbocycles. The fraction of sp³-hybridized carbons (Fsp3) is 0.412. The molecule has 112 valence electrons. The Balaban J connectivity index is 2.11. The lowest BCUT2D eigenvalue weighted by molar-refractivity contribution is 0.833. The Bertz CT molecular complexity index is 590. The van der Waals surface area contributed by atoms with Crippen molar-refractivity contribution in [1.82, 2.24) is 9.97 Å². The van der Waals surface area contributed by atoms with Crippen molar-refractivity contribution in [3.8, 4) is 0 Å². The predicted octanol–water partition coefficient (Wildman–Crippen LogP) is 3.49. The Hall–Kier alpha value is -2.10. The number of aromatic nitrogens is 2. The van der Waals surface area contributed by atoms with Gasteiger partial charge in [-0.25, -0.2) is 9.97 Å². The second-order valence-electron chi connectivity index (χ2n) is 5.27. The van der Waals surface area contributed by atoms with Crippen LogP contribution < -0.4 is 11.1 Å². The smallest absolute Gasteiger partial charge is 0.135 e. The summed E-state index contributed by atoms with van der Waals surface area (Å²) in [5.74, 6) is 2.22. The summed E-state index contributed by atoms with van der Waals surface area (Å²) in [4.78, 5) is 8.90. The van der Waals surface area contributed by atoms with Crippen LogP contribution in [0.5, 0.6) is 0 Å². The Morgan fingerprint density at radius 2 is 1.71 bits per heavy atom. The molecule has 2 rings (SSSR count). The molecule has 2 aromatic rings. The molecule has 0 spiro atoms. The van der Waals surface area contributed by atoms with Gasteiger partial charge in [-0.05, 0) is 30.9 Å². The maximum Gasteiger partial charge on any atom is 0.135 e. The number of nitrogens with two attached hydrogens (primary N) is 1. The molecule has 0 fully saturated rings. The van der Waals surface area contributed by atoms with E-state index in [2.05, 4.69) is 53.4 Å². The molecule has 0 saturated heterocycles. The quantitative estimate of drug-likeness (QED) is 0.852. The van der Waals surface area contributed by atoms with Crippen LogP contribution in [0.4, 0.5) is 11.6 Å². The molecule has 0 aliphatic carbocycles. The molecule has 21 heavy (non-hydrogen) atoms. The molecule has 0 unspecified atom stereocenters. The van der Waals surface area contributed by atoms with E-state index in [1.165, 1.54) is 11.1 Å². The van der Waals surface area contributed by atoms with Crippen molar-refractivity contribution in [1.29, 1.82) is 0 Å². The summed E-state index contributed by atoms with van der Waals surface area (Å²) in [6.07, 6.45) is 2.93. The van der Waals surface area contributed by atoms with Gasteiger partial charge in [-0.2, -0.15) is 0 Å². The molecule has 1 heterocycles. The summed E-state index contributed by atoms with van der Waals surface area (Å²) in [7, 11) is 0. The maximum absolute atomic E-state index is 5.97. The summed E-state index contributed by atoms with van der Waals surface area (Å²) in [6.45, 7) is 6.97. The standard InChI is InChI=1S/C17H24N4/c1-4-6-15-20-16(18)12(3)17(21-15)19-11-14-9-7-13(5-2)8-10-14/h7-10H,4-6,11H2,1-3H3,(H3,18,19,20,21). The first-order valence-electron chi connectivity index (χ1n) is 7.58. The van der Waals surface area contributed by atoms with E-state index in [0.717, 1.165) is 43.0 Å². The van der Waals surface area contributed by atoms with Gasteiger partial charge in [0.25, 0.3) is 0 Å². The summed E-state index contributed by atoms with van der Waals surface area (Å²) in [5, 5.41) is 3.38. The third-order valence-electron chi connectivity index (χ3n) is 3.59. The summed E-state index contributed by atoms with van der Waals surface area (Å²) in [5.41, 5.74) is 9.47. The van der Waals surface area contributed by atoms with Crippen LogP contribution in [0.3, 0.4) is 0 Å². The number of hydrogen-bond donors (Lipinski definition) is 2.